The van der Waals surface area contributed by atoms with E-state index in [1.165, 1.54) is 37.2 Å². The predicted molar refractivity (Wildman–Crippen MR) is 136 cm³/mol. The van der Waals surface area contributed by atoms with E-state index in [0.29, 0.717) is 18.3 Å². The van der Waals surface area contributed by atoms with E-state index >= 15 is 0 Å². The molecule has 1 spiro atoms. The lowest BCUT2D eigenvalue weighted by atomic mass is 9.88. The monoisotopic (exact) mass is 494 g/mol. The maximum absolute atomic E-state index is 13.2. The van der Waals surface area contributed by atoms with Crippen LogP contribution in [0.2, 0.25) is 0 Å². The van der Waals surface area contributed by atoms with Crippen LogP contribution in [0.25, 0.3) is 0 Å². The zero-order valence-electron chi connectivity index (χ0n) is 20.8. The second kappa shape index (κ2) is 9.98. The van der Waals surface area contributed by atoms with Crippen LogP contribution in [0.1, 0.15) is 44.9 Å². The molecule has 1 aromatic heterocycles. The highest BCUT2D eigenvalue weighted by atomic mass is 19.1. The Labute approximate surface area is 212 Å². The zero-order valence-corrected chi connectivity index (χ0v) is 20.8. The lowest BCUT2D eigenvalue weighted by Crippen LogP contribution is -2.59. The summed E-state index contributed by atoms with van der Waals surface area (Å²) in [5, 5.41) is 0. The fourth-order valence-corrected chi connectivity index (χ4v) is 5.99. The van der Waals surface area contributed by atoms with E-state index in [9.17, 15) is 9.18 Å². The smallest absolute Gasteiger partial charge is 0.253 e. The Hall–Kier alpha value is -2.71. The third-order valence-electron chi connectivity index (χ3n) is 8.52. The Bertz CT molecular complexity index is 1040. The van der Waals surface area contributed by atoms with Crippen LogP contribution in [-0.4, -0.2) is 72.9 Å². The summed E-state index contributed by atoms with van der Waals surface area (Å²) in [5.41, 5.74) is 1.43. The topological polar surface area (TPSA) is 58.1 Å². The zero-order chi connectivity index (χ0) is 24.5. The van der Waals surface area contributed by atoms with Gasteiger partial charge in [-0.2, -0.15) is 4.39 Å². The van der Waals surface area contributed by atoms with Crippen molar-refractivity contribution in [2.75, 3.05) is 49.1 Å². The number of carbonyl (C=O) groups is 1. The van der Waals surface area contributed by atoms with Crippen molar-refractivity contribution in [1.82, 2.24) is 9.88 Å². The van der Waals surface area contributed by atoms with Crippen molar-refractivity contribution in [2.45, 2.75) is 62.7 Å². The molecule has 192 valence electrons. The van der Waals surface area contributed by atoms with Gasteiger partial charge >= 0.3 is 0 Å². The maximum atomic E-state index is 13.2. The van der Waals surface area contributed by atoms with Gasteiger partial charge in [-0.25, -0.2) is 4.98 Å². The number of benzene rings is 1. The van der Waals surface area contributed by atoms with Crippen LogP contribution < -0.4 is 14.5 Å². The molecule has 0 N–H and O–H groups in total. The van der Waals surface area contributed by atoms with Gasteiger partial charge in [-0.15, -0.1) is 0 Å². The number of likely N-dealkylation sites (tertiary alicyclic amines) is 1. The Balaban J connectivity index is 1.02. The summed E-state index contributed by atoms with van der Waals surface area (Å²) in [6, 6.07) is 12.2. The van der Waals surface area contributed by atoms with Gasteiger partial charge in [-0.1, -0.05) is 6.42 Å². The average molecular weight is 495 g/mol. The van der Waals surface area contributed by atoms with Gasteiger partial charge in [0.1, 0.15) is 18.5 Å². The number of pyridine rings is 1. The second-order valence-corrected chi connectivity index (χ2v) is 10.7. The normalized spacial score (nSPS) is 23.6. The number of carbonyl (C=O) groups excluding carboxylic acids is 1. The number of hydrogen-bond acceptors (Lipinski definition) is 6. The number of amides is 1. The van der Waals surface area contributed by atoms with Gasteiger partial charge in [-0.05, 0) is 74.9 Å². The van der Waals surface area contributed by atoms with Crippen LogP contribution >= 0.6 is 0 Å². The quantitative estimate of drug-likeness (QED) is 0.586. The van der Waals surface area contributed by atoms with Crippen molar-refractivity contribution in [1.29, 1.82) is 0 Å². The van der Waals surface area contributed by atoms with Crippen LogP contribution in [0.3, 0.4) is 0 Å². The van der Waals surface area contributed by atoms with Crippen molar-refractivity contribution in [3.05, 3.63) is 48.5 Å². The number of hydrogen-bond donors (Lipinski definition) is 0. The van der Waals surface area contributed by atoms with E-state index in [1.54, 1.807) is 11.0 Å². The Kier molecular flexibility index (Phi) is 6.56. The van der Waals surface area contributed by atoms with Crippen molar-refractivity contribution in [3.8, 4) is 5.75 Å². The molecule has 1 aliphatic carbocycles. The minimum absolute atomic E-state index is 0.0446. The van der Waals surface area contributed by atoms with Crippen molar-refractivity contribution in [3.63, 3.8) is 0 Å². The number of halogens is 1. The van der Waals surface area contributed by atoms with E-state index in [4.69, 9.17) is 9.47 Å². The van der Waals surface area contributed by atoms with Gasteiger partial charge in [0.05, 0.1) is 24.0 Å². The fourth-order valence-electron chi connectivity index (χ4n) is 5.99. The molecule has 0 bridgehead atoms. The van der Waals surface area contributed by atoms with Gasteiger partial charge < -0.3 is 24.2 Å². The molecule has 1 saturated carbocycles. The molecule has 4 aliphatic rings. The van der Waals surface area contributed by atoms with Gasteiger partial charge in [0.25, 0.3) is 5.91 Å². The van der Waals surface area contributed by atoms with Crippen LogP contribution in [0.5, 0.6) is 5.75 Å². The molecule has 3 aliphatic heterocycles. The standard InChI is InChI=1S/C28H35FN4O3/c29-26-9-6-23(18-30-26)33-20-28(35-19-27(33)34)12-16-32(17-13-28)22-4-7-24(8-5-22)36-25-10-14-31(15-11-25)21-2-1-3-21/h4-9,18,21,25H,1-3,10-17,19-20H2. The lowest BCUT2D eigenvalue weighted by molar-refractivity contribution is -0.141. The molecular weight excluding hydrogens is 459 g/mol. The molecule has 4 heterocycles. The van der Waals surface area contributed by atoms with E-state index in [0.717, 1.165) is 63.7 Å². The number of rotatable bonds is 5. The van der Waals surface area contributed by atoms with Gasteiger partial charge in [0.2, 0.25) is 5.95 Å². The summed E-state index contributed by atoms with van der Waals surface area (Å²) in [6.07, 6.45) is 9.74. The summed E-state index contributed by atoms with van der Waals surface area (Å²) in [4.78, 5) is 22.9. The molecule has 0 atom stereocenters. The van der Waals surface area contributed by atoms with E-state index in [2.05, 4.69) is 39.0 Å². The summed E-state index contributed by atoms with van der Waals surface area (Å²) in [5.74, 6) is 0.293. The SMILES string of the molecule is O=C1COC2(CCN(c3ccc(OC4CCN(C5CCC5)CC4)cc3)CC2)CN1c1ccc(F)nc1. The van der Waals surface area contributed by atoms with E-state index in [-0.39, 0.29) is 18.1 Å². The minimum atomic E-state index is -0.548. The van der Waals surface area contributed by atoms with Crippen molar-refractivity contribution < 1.29 is 18.7 Å². The molecule has 0 radical (unpaired) electrons. The summed E-state index contributed by atoms with van der Waals surface area (Å²) < 4.78 is 25.6. The molecular formula is C28H35FN4O3. The number of piperidine rings is 2. The van der Waals surface area contributed by atoms with Gasteiger partial charge in [0, 0.05) is 37.9 Å². The molecule has 1 aromatic carbocycles. The number of ether oxygens (including phenoxy) is 2. The van der Waals surface area contributed by atoms with Crippen LogP contribution in [0.4, 0.5) is 15.8 Å². The molecule has 0 unspecified atom stereocenters. The molecule has 36 heavy (non-hydrogen) atoms. The Morgan fingerprint density at radius 1 is 0.944 bits per heavy atom. The highest BCUT2D eigenvalue weighted by Crippen LogP contribution is 2.35. The van der Waals surface area contributed by atoms with Gasteiger partial charge in [0.15, 0.2) is 0 Å². The van der Waals surface area contributed by atoms with Crippen LogP contribution in [0, 0.1) is 5.95 Å². The Morgan fingerprint density at radius 3 is 2.31 bits per heavy atom. The van der Waals surface area contributed by atoms with Crippen LogP contribution in [-0.2, 0) is 9.53 Å². The van der Waals surface area contributed by atoms with E-state index in [1.807, 2.05) is 0 Å². The summed E-state index contributed by atoms with van der Waals surface area (Å²) in [7, 11) is 0. The van der Waals surface area contributed by atoms with E-state index < -0.39 is 5.95 Å². The summed E-state index contributed by atoms with van der Waals surface area (Å²) in [6.45, 7) is 4.53. The largest absolute Gasteiger partial charge is 0.490 e. The number of morpholine rings is 1. The highest BCUT2D eigenvalue weighted by molar-refractivity contribution is 5.95. The summed E-state index contributed by atoms with van der Waals surface area (Å²) >= 11 is 0. The first kappa shape index (κ1) is 23.7. The second-order valence-electron chi connectivity index (χ2n) is 10.7. The maximum Gasteiger partial charge on any atom is 0.253 e. The molecule has 3 saturated heterocycles. The van der Waals surface area contributed by atoms with Crippen LogP contribution in [0.15, 0.2) is 42.6 Å². The molecule has 2 aromatic rings. The van der Waals surface area contributed by atoms with Crippen molar-refractivity contribution in [2.24, 2.45) is 0 Å². The minimum Gasteiger partial charge on any atom is -0.490 e. The third-order valence-corrected chi connectivity index (χ3v) is 8.52. The predicted octanol–water partition coefficient (Wildman–Crippen LogP) is 4.02. The first-order valence-electron chi connectivity index (χ1n) is 13.4. The van der Waals surface area contributed by atoms with Gasteiger partial charge in [-0.3, -0.25) is 4.79 Å². The first-order valence-corrected chi connectivity index (χ1v) is 13.4. The molecule has 8 heteroatoms. The molecule has 1 amide bonds. The molecule has 7 nitrogen and oxygen atoms in total. The lowest BCUT2D eigenvalue weighted by Gasteiger charge is -2.47. The number of aromatic nitrogens is 1. The molecule has 4 fully saturated rings. The molecule has 6 rings (SSSR count). The third kappa shape index (κ3) is 4.93. The number of anilines is 2. The Morgan fingerprint density at radius 2 is 1.67 bits per heavy atom. The highest BCUT2D eigenvalue weighted by Gasteiger charge is 2.43. The average Bonchev–Trinajstić information content (AvgIpc) is 2.87. The fraction of sp³-hybridized carbons (Fsp3) is 0.571. The number of nitrogens with zero attached hydrogens (tertiary/aromatic N) is 4. The first-order chi connectivity index (χ1) is 17.6. The van der Waals surface area contributed by atoms with Crippen molar-refractivity contribution >= 4 is 17.3 Å².